The highest BCUT2D eigenvalue weighted by molar-refractivity contribution is 6.99. The largest absolute Gasteiger partial charge is 0.257 e. The molecule has 2 aliphatic rings. The average molecular weight is 297 g/mol. The summed E-state index contributed by atoms with van der Waals surface area (Å²) in [5, 5.41) is 1.79. The first-order chi connectivity index (χ1) is 10.1. The predicted molar refractivity (Wildman–Crippen MR) is 96.5 cm³/mol. The normalized spacial score (nSPS) is 26.8. The van der Waals surface area contributed by atoms with Gasteiger partial charge in [0.25, 0.3) is 0 Å². The third kappa shape index (κ3) is 3.33. The van der Waals surface area contributed by atoms with Crippen molar-refractivity contribution in [1.82, 2.24) is 4.98 Å². The van der Waals surface area contributed by atoms with Crippen molar-refractivity contribution < 1.29 is 0 Å². The topological polar surface area (TPSA) is 12.9 Å². The van der Waals surface area contributed by atoms with Crippen LogP contribution >= 0.6 is 0 Å². The molecular formula is C18H28BNSi. The summed E-state index contributed by atoms with van der Waals surface area (Å²) in [5.74, 6) is 1.92. The minimum Gasteiger partial charge on any atom is -0.257 e. The van der Waals surface area contributed by atoms with Crippen LogP contribution in [0.3, 0.4) is 0 Å². The zero-order valence-electron chi connectivity index (χ0n) is 13.8. The zero-order valence-corrected chi connectivity index (χ0v) is 14.8. The lowest BCUT2D eigenvalue weighted by Crippen LogP contribution is -2.44. The van der Waals surface area contributed by atoms with Gasteiger partial charge in [-0.05, 0) is 18.2 Å². The minimum absolute atomic E-state index is 0.862. The Hall–Kier alpha value is -0.828. The van der Waals surface area contributed by atoms with Gasteiger partial charge in [-0.1, -0.05) is 75.9 Å². The number of hydrogen-bond acceptors (Lipinski definition) is 1. The highest BCUT2D eigenvalue weighted by Crippen LogP contribution is 2.50. The average Bonchev–Trinajstić information content (AvgIpc) is 2.44. The fourth-order valence-electron chi connectivity index (χ4n) is 4.62. The Kier molecular flexibility index (Phi) is 4.39. The molecule has 112 valence electrons. The molecule has 2 fully saturated rings. The number of aromatic nitrogens is 1. The van der Waals surface area contributed by atoms with Gasteiger partial charge < -0.3 is 0 Å². The minimum atomic E-state index is -1.30. The molecule has 2 bridgehead atoms. The Morgan fingerprint density at radius 3 is 2.19 bits per heavy atom. The summed E-state index contributed by atoms with van der Waals surface area (Å²) in [6, 6.07) is 6.29. The molecule has 3 rings (SSSR count). The molecule has 0 spiro atoms. The van der Waals surface area contributed by atoms with Gasteiger partial charge in [-0.3, -0.25) is 4.98 Å². The fourth-order valence-corrected chi connectivity index (χ4v) is 6.67. The third-order valence-corrected chi connectivity index (χ3v) is 7.74. The first-order valence-corrected chi connectivity index (χ1v) is 12.2. The molecule has 0 amide bonds. The highest BCUT2D eigenvalue weighted by atomic mass is 28.3. The van der Waals surface area contributed by atoms with E-state index in [-0.39, 0.29) is 0 Å². The van der Waals surface area contributed by atoms with Crippen molar-refractivity contribution >= 4 is 20.9 Å². The van der Waals surface area contributed by atoms with Gasteiger partial charge in [0, 0.05) is 6.20 Å². The van der Waals surface area contributed by atoms with E-state index in [0.717, 1.165) is 18.3 Å². The monoisotopic (exact) mass is 297 g/mol. The van der Waals surface area contributed by atoms with Crippen molar-refractivity contribution in [2.45, 2.75) is 69.8 Å². The van der Waals surface area contributed by atoms with Crippen molar-refractivity contribution in [3.8, 4) is 0 Å². The van der Waals surface area contributed by atoms with Crippen molar-refractivity contribution in [2.24, 2.45) is 0 Å². The van der Waals surface area contributed by atoms with Crippen LogP contribution in [0.5, 0.6) is 0 Å². The van der Waals surface area contributed by atoms with Gasteiger partial charge >= 0.3 is 0 Å². The van der Waals surface area contributed by atoms with Gasteiger partial charge in [0.15, 0.2) is 6.71 Å². The molecule has 0 atom stereocenters. The molecule has 2 aliphatic heterocycles. The van der Waals surface area contributed by atoms with E-state index in [1.807, 2.05) is 12.3 Å². The summed E-state index contributed by atoms with van der Waals surface area (Å²) in [7, 11) is -1.30. The van der Waals surface area contributed by atoms with E-state index in [9.17, 15) is 0 Å². The Morgan fingerprint density at radius 1 is 1.10 bits per heavy atom. The van der Waals surface area contributed by atoms with Crippen LogP contribution in [-0.4, -0.2) is 19.8 Å². The van der Waals surface area contributed by atoms with Crippen LogP contribution in [-0.2, 0) is 0 Å². The van der Waals surface area contributed by atoms with Crippen LogP contribution in [0, 0.1) is 0 Å². The van der Waals surface area contributed by atoms with Crippen LogP contribution in [0.25, 0.3) is 6.08 Å². The molecule has 0 radical (unpaired) electrons. The van der Waals surface area contributed by atoms with Crippen molar-refractivity contribution in [1.29, 1.82) is 0 Å². The summed E-state index contributed by atoms with van der Waals surface area (Å²) >= 11 is 0. The summed E-state index contributed by atoms with van der Waals surface area (Å²) in [4.78, 5) is 4.57. The van der Waals surface area contributed by atoms with E-state index in [1.54, 1.807) is 5.10 Å². The van der Waals surface area contributed by atoms with Crippen LogP contribution in [0.4, 0.5) is 0 Å². The lowest BCUT2D eigenvalue weighted by Gasteiger charge is -2.44. The third-order valence-electron chi connectivity index (χ3n) is 5.53. The molecule has 1 aromatic heterocycles. The van der Waals surface area contributed by atoms with Crippen LogP contribution in [0.15, 0.2) is 29.5 Å². The molecule has 0 N–H and O–H groups in total. The van der Waals surface area contributed by atoms with Gasteiger partial charge in [0.1, 0.15) is 0 Å². The van der Waals surface area contributed by atoms with Gasteiger partial charge in [0.05, 0.1) is 13.8 Å². The summed E-state index contributed by atoms with van der Waals surface area (Å²) < 4.78 is 0. The standard InChI is InChI=1S/C18H28BNSi/c1-21(2,3)18(14-17-12-4-5-13-20-17)19-15-8-6-9-16(19)11-7-10-15/h4-5,12-16H,6-11H2,1-3H3/b18-14+. The molecule has 0 saturated carbocycles. The SMILES string of the molecule is C[Si](C)(C)/C(=C/c1ccccn1)B1C2CCCC1CCC2. The first-order valence-electron chi connectivity index (χ1n) is 8.69. The van der Waals surface area contributed by atoms with E-state index in [0.29, 0.717) is 0 Å². The second kappa shape index (κ2) is 6.12. The molecule has 0 aromatic carbocycles. The molecule has 3 heteroatoms. The molecule has 1 nitrogen and oxygen atoms in total. The maximum atomic E-state index is 4.57. The number of pyridine rings is 1. The molecule has 1 aromatic rings. The smallest absolute Gasteiger partial charge is 0.172 e. The highest BCUT2D eigenvalue weighted by Gasteiger charge is 2.44. The summed E-state index contributed by atoms with van der Waals surface area (Å²) in [6.45, 7) is 8.42. The Morgan fingerprint density at radius 2 is 1.71 bits per heavy atom. The van der Waals surface area contributed by atoms with E-state index in [4.69, 9.17) is 0 Å². The van der Waals surface area contributed by atoms with E-state index in [1.165, 1.54) is 44.2 Å². The number of fused-ring (bicyclic) bond motifs is 2. The van der Waals surface area contributed by atoms with Gasteiger partial charge in [-0.2, -0.15) is 0 Å². The van der Waals surface area contributed by atoms with Crippen LogP contribution < -0.4 is 0 Å². The predicted octanol–water partition coefficient (Wildman–Crippen LogP) is 5.48. The second-order valence-electron chi connectivity index (χ2n) is 8.01. The van der Waals surface area contributed by atoms with Crippen LogP contribution in [0.2, 0.25) is 31.3 Å². The lowest BCUT2D eigenvalue weighted by molar-refractivity contribution is 0.447. The zero-order chi connectivity index (χ0) is 14.9. The molecule has 0 unspecified atom stereocenters. The summed E-state index contributed by atoms with van der Waals surface area (Å²) in [6.07, 6.45) is 13.2. The van der Waals surface area contributed by atoms with Crippen LogP contribution in [0.1, 0.15) is 44.2 Å². The fraction of sp³-hybridized carbons (Fsp3) is 0.611. The van der Waals surface area contributed by atoms with E-state index in [2.05, 4.69) is 42.8 Å². The van der Waals surface area contributed by atoms with E-state index >= 15 is 0 Å². The van der Waals surface area contributed by atoms with Crippen molar-refractivity contribution in [2.75, 3.05) is 0 Å². The quantitative estimate of drug-likeness (QED) is 0.673. The number of nitrogens with zero attached hydrogens (tertiary/aromatic N) is 1. The number of rotatable bonds is 3. The first kappa shape index (κ1) is 15.1. The van der Waals surface area contributed by atoms with Gasteiger partial charge in [0.2, 0.25) is 0 Å². The summed E-state index contributed by atoms with van der Waals surface area (Å²) in [5.41, 5.74) is 1.17. The Labute approximate surface area is 131 Å². The van der Waals surface area contributed by atoms with E-state index < -0.39 is 8.07 Å². The lowest BCUT2D eigenvalue weighted by atomic mass is 9.27. The maximum absolute atomic E-state index is 4.57. The Bertz CT molecular complexity index is 484. The molecule has 21 heavy (non-hydrogen) atoms. The maximum Gasteiger partial charge on any atom is 0.172 e. The molecular weight excluding hydrogens is 269 g/mol. The van der Waals surface area contributed by atoms with Crippen molar-refractivity contribution in [3.05, 3.63) is 35.2 Å². The molecule has 3 heterocycles. The Balaban J connectivity index is 1.98. The molecule has 2 saturated heterocycles. The van der Waals surface area contributed by atoms with Gasteiger partial charge in [-0.25, -0.2) is 0 Å². The second-order valence-corrected chi connectivity index (χ2v) is 13.1. The van der Waals surface area contributed by atoms with Crippen molar-refractivity contribution in [3.63, 3.8) is 0 Å². The number of hydrogen-bond donors (Lipinski definition) is 0. The molecule has 0 aliphatic carbocycles. The van der Waals surface area contributed by atoms with Gasteiger partial charge in [-0.15, -0.1) is 5.10 Å².